The van der Waals surface area contributed by atoms with E-state index in [0.29, 0.717) is 54.5 Å². The third-order valence-electron chi connectivity index (χ3n) is 11.1. The first-order valence-corrected chi connectivity index (χ1v) is 13.2. The van der Waals surface area contributed by atoms with E-state index in [0.717, 1.165) is 12.8 Å². The predicted molar refractivity (Wildman–Crippen MR) is 123 cm³/mol. The first kappa shape index (κ1) is 25.8. The average Bonchev–Trinajstić information content (AvgIpc) is 3.06. The second-order valence-corrected chi connectivity index (χ2v) is 12.2. The van der Waals surface area contributed by atoms with Crippen LogP contribution < -0.4 is 0 Å². The number of fused-ring (bicyclic) bond motifs is 5. The maximum Gasteiger partial charge on any atom is 0.417 e. The summed E-state index contributed by atoms with van der Waals surface area (Å²) in [4.78, 5) is 0. The normalized spacial score (nSPS) is 47.4. The van der Waals surface area contributed by atoms with Crippen molar-refractivity contribution >= 4 is 0 Å². The third-order valence-corrected chi connectivity index (χ3v) is 11.1. The number of hydrogen-bond acceptors (Lipinski definition) is 3. The van der Waals surface area contributed by atoms with Crippen LogP contribution in [0.25, 0.3) is 0 Å². The first-order chi connectivity index (χ1) is 15.5. The second kappa shape index (κ2) is 9.28. The van der Waals surface area contributed by atoms with Gasteiger partial charge in [0, 0.05) is 21.3 Å². The van der Waals surface area contributed by atoms with Gasteiger partial charge in [0.1, 0.15) is 0 Å². The monoisotopic (exact) mass is 474 g/mol. The molecule has 0 aromatic rings. The van der Waals surface area contributed by atoms with Gasteiger partial charge in [0.05, 0.1) is 12.7 Å². The summed E-state index contributed by atoms with van der Waals surface area (Å²) in [5.74, 6) is 4.18. The Bertz CT molecular complexity index is 684. The lowest BCUT2D eigenvalue weighted by molar-refractivity contribution is -0.291. The van der Waals surface area contributed by atoms with Crippen LogP contribution in [-0.4, -0.2) is 45.8 Å². The summed E-state index contributed by atoms with van der Waals surface area (Å²) < 4.78 is 58.1. The van der Waals surface area contributed by atoms with Crippen LogP contribution in [-0.2, 0) is 14.2 Å². The van der Waals surface area contributed by atoms with Gasteiger partial charge in [-0.05, 0) is 104 Å². The second-order valence-electron chi connectivity index (χ2n) is 12.2. The summed E-state index contributed by atoms with van der Waals surface area (Å²) in [6, 6.07) is 0. The fourth-order valence-corrected chi connectivity index (χ4v) is 9.69. The molecule has 0 N–H and O–H groups in total. The van der Waals surface area contributed by atoms with E-state index in [9.17, 15) is 13.2 Å². The number of halogens is 3. The van der Waals surface area contributed by atoms with Crippen LogP contribution >= 0.6 is 0 Å². The smallest absolute Gasteiger partial charge is 0.382 e. The Morgan fingerprint density at radius 1 is 0.970 bits per heavy atom. The van der Waals surface area contributed by atoms with E-state index < -0.39 is 11.8 Å². The van der Waals surface area contributed by atoms with Crippen molar-refractivity contribution in [3.8, 4) is 0 Å². The molecule has 0 unspecified atom stereocenters. The van der Waals surface area contributed by atoms with E-state index in [2.05, 4.69) is 20.8 Å². The Balaban J connectivity index is 1.53. The fourth-order valence-electron chi connectivity index (χ4n) is 9.69. The maximum absolute atomic E-state index is 13.9. The summed E-state index contributed by atoms with van der Waals surface area (Å²) >= 11 is 0. The van der Waals surface area contributed by atoms with Gasteiger partial charge in [-0.3, -0.25) is 0 Å². The molecule has 0 saturated heterocycles. The van der Waals surface area contributed by atoms with E-state index in [1.807, 2.05) is 0 Å². The summed E-state index contributed by atoms with van der Waals surface area (Å²) in [6.45, 7) is 7.91. The number of methoxy groups -OCH3 is 3. The van der Waals surface area contributed by atoms with Crippen molar-refractivity contribution in [3.05, 3.63) is 0 Å². The molecular formula is C27H45F3O3. The average molecular weight is 475 g/mol. The van der Waals surface area contributed by atoms with Gasteiger partial charge in [0.25, 0.3) is 0 Å². The van der Waals surface area contributed by atoms with E-state index in [1.165, 1.54) is 26.4 Å². The molecule has 0 aliphatic heterocycles. The third kappa shape index (κ3) is 4.08. The van der Waals surface area contributed by atoms with Gasteiger partial charge >= 0.3 is 6.18 Å². The molecule has 0 bridgehead atoms. The summed E-state index contributed by atoms with van der Waals surface area (Å²) in [5, 5.41) is 0. The Morgan fingerprint density at radius 3 is 2.27 bits per heavy atom. The van der Waals surface area contributed by atoms with Crippen LogP contribution in [0.15, 0.2) is 0 Å². The van der Waals surface area contributed by atoms with E-state index in [1.54, 1.807) is 14.2 Å². The predicted octanol–water partition coefficient (Wildman–Crippen LogP) is 6.75. The lowest BCUT2D eigenvalue weighted by atomic mass is 9.47. The minimum absolute atomic E-state index is 0.110. The van der Waals surface area contributed by atoms with E-state index in [-0.39, 0.29) is 30.3 Å². The molecule has 192 valence electrons. The summed E-state index contributed by atoms with van der Waals surface area (Å²) in [5.41, 5.74) is -1.64. The molecule has 33 heavy (non-hydrogen) atoms. The molecule has 11 atom stereocenters. The Kier molecular flexibility index (Phi) is 7.24. The van der Waals surface area contributed by atoms with Crippen molar-refractivity contribution in [1.29, 1.82) is 0 Å². The van der Waals surface area contributed by atoms with Crippen LogP contribution in [0.4, 0.5) is 13.2 Å². The molecule has 4 fully saturated rings. The van der Waals surface area contributed by atoms with Crippen LogP contribution in [0.5, 0.6) is 0 Å². The molecule has 4 aliphatic carbocycles. The van der Waals surface area contributed by atoms with Crippen LogP contribution in [0.1, 0.15) is 72.1 Å². The molecule has 4 saturated carbocycles. The Morgan fingerprint density at radius 2 is 1.67 bits per heavy atom. The lowest BCUT2D eigenvalue weighted by Gasteiger charge is -2.58. The molecule has 0 aromatic heterocycles. The van der Waals surface area contributed by atoms with Crippen molar-refractivity contribution in [2.75, 3.05) is 27.9 Å². The van der Waals surface area contributed by atoms with Crippen molar-refractivity contribution in [2.45, 2.75) is 90.0 Å². The SMILES string of the molecule is COC[C@@H](OC)[C@@H](C)[C@H]1C[C@@H](C)[C@H]2[C@@H]3CC[C@@H]4C[C@@](OC)(C(F)(F)F)CC[C@@H]4[C@H]3CC[C@@]21C. The van der Waals surface area contributed by atoms with Crippen LogP contribution in [0.2, 0.25) is 0 Å². The highest BCUT2D eigenvalue weighted by atomic mass is 19.4. The van der Waals surface area contributed by atoms with Crippen molar-refractivity contribution in [3.63, 3.8) is 0 Å². The van der Waals surface area contributed by atoms with Crippen molar-refractivity contribution in [2.24, 2.45) is 52.8 Å². The molecule has 4 rings (SSSR count). The highest BCUT2D eigenvalue weighted by Gasteiger charge is 2.64. The van der Waals surface area contributed by atoms with Crippen molar-refractivity contribution in [1.82, 2.24) is 0 Å². The molecule has 0 aromatic carbocycles. The van der Waals surface area contributed by atoms with Gasteiger partial charge in [-0.15, -0.1) is 0 Å². The van der Waals surface area contributed by atoms with E-state index in [4.69, 9.17) is 14.2 Å². The van der Waals surface area contributed by atoms with Gasteiger partial charge < -0.3 is 14.2 Å². The number of alkyl halides is 3. The molecule has 0 spiro atoms. The maximum atomic E-state index is 13.9. The zero-order valence-corrected chi connectivity index (χ0v) is 21.4. The highest BCUT2D eigenvalue weighted by Crippen LogP contribution is 2.68. The van der Waals surface area contributed by atoms with Gasteiger partial charge in [0.15, 0.2) is 5.60 Å². The molecule has 6 heteroatoms. The van der Waals surface area contributed by atoms with Gasteiger partial charge in [-0.1, -0.05) is 20.8 Å². The zero-order chi connectivity index (χ0) is 24.2. The highest BCUT2D eigenvalue weighted by molar-refractivity contribution is 5.10. The van der Waals surface area contributed by atoms with Crippen LogP contribution in [0.3, 0.4) is 0 Å². The number of ether oxygens (including phenoxy) is 3. The number of hydrogen-bond donors (Lipinski definition) is 0. The van der Waals surface area contributed by atoms with Gasteiger partial charge in [0.2, 0.25) is 0 Å². The molecule has 0 amide bonds. The Labute approximate surface area is 198 Å². The van der Waals surface area contributed by atoms with Gasteiger partial charge in [-0.2, -0.15) is 13.2 Å². The van der Waals surface area contributed by atoms with E-state index >= 15 is 0 Å². The quantitative estimate of drug-likeness (QED) is 0.426. The molecule has 0 heterocycles. The standard InChI is InChI=1S/C27H45F3O3/c1-16-13-22(17(2)23(32-5)15-31-4)25(3)11-9-20-19-10-12-26(33-6,27(28,29)30)14-18(19)7-8-21(20)24(16)25/h16-24H,7-15H2,1-6H3/t16-,17+,18-,19+,20-,21-,22-,23-,24+,25-,26-/m1/s1. The minimum Gasteiger partial charge on any atom is -0.382 e. The summed E-state index contributed by atoms with van der Waals surface area (Å²) in [7, 11) is 4.79. The largest absolute Gasteiger partial charge is 0.417 e. The molecule has 4 aliphatic rings. The zero-order valence-electron chi connectivity index (χ0n) is 21.4. The minimum atomic E-state index is -4.28. The molecule has 0 radical (unpaired) electrons. The lowest BCUT2D eigenvalue weighted by Crippen LogP contribution is -2.56. The Hall–Kier alpha value is -0.330. The van der Waals surface area contributed by atoms with Crippen molar-refractivity contribution < 1.29 is 27.4 Å². The first-order valence-electron chi connectivity index (χ1n) is 13.2. The summed E-state index contributed by atoms with van der Waals surface area (Å²) in [6.07, 6.45) is 2.38. The van der Waals surface area contributed by atoms with Crippen LogP contribution in [0, 0.1) is 52.8 Å². The molecule has 3 nitrogen and oxygen atoms in total. The number of rotatable bonds is 6. The molecular weight excluding hydrogens is 429 g/mol. The fraction of sp³-hybridized carbons (Fsp3) is 1.00. The topological polar surface area (TPSA) is 27.7 Å². The van der Waals surface area contributed by atoms with Gasteiger partial charge in [-0.25, -0.2) is 0 Å².